The van der Waals surface area contributed by atoms with Crippen molar-refractivity contribution in [2.45, 2.75) is 51.1 Å². The lowest BCUT2D eigenvalue weighted by Crippen LogP contribution is -2.54. The maximum absolute atomic E-state index is 15.5. The Kier molecular flexibility index (Phi) is 6.82. The molecule has 2 aliphatic heterocycles. The molecule has 8 nitrogen and oxygen atoms in total. The third kappa shape index (κ3) is 5.20. The van der Waals surface area contributed by atoms with Crippen LogP contribution < -0.4 is 10.6 Å². The van der Waals surface area contributed by atoms with E-state index in [1.54, 1.807) is 6.92 Å². The number of hydrogen-bond acceptors (Lipinski definition) is 7. The summed E-state index contributed by atoms with van der Waals surface area (Å²) >= 11 is 6.25. The molecule has 1 amide bonds. The lowest BCUT2D eigenvalue weighted by molar-refractivity contribution is -0.138. The molecule has 0 aromatic carbocycles. The van der Waals surface area contributed by atoms with Gasteiger partial charge in [0, 0.05) is 32.3 Å². The molecule has 0 radical (unpaired) electrons. The molecule has 2 unspecified atom stereocenters. The van der Waals surface area contributed by atoms with Crippen LogP contribution >= 0.6 is 11.6 Å². The first-order valence-electron chi connectivity index (χ1n) is 9.95. The first-order valence-corrected chi connectivity index (χ1v) is 10.3. The van der Waals surface area contributed by atoms with Crippen molar-refractivity contribution >= 4 is 29.7 Å². The van der Waals surface area contributed by atoms with Crippen LogP contribution in [0.3, 0.4) is 0 Å². The van der Waals surface area contributed by atoms with E-state index in [2.05, 4.69) is 15.6 Å². The zero-order valence-corrected chi connectivity index (χ0v) is 17.7. The number of nitrogens with one attached hydrogen (secondary N) is 2. The maximum atomic E-state index is 15.5. The number of ether oxygens (including phenoxy) is 1. The summed E-state index contributed by atoms with van der Waals surface area (Å²) in [5, 5.41) is 15.9. The summed E-state index contributed by atoms with van der Waals surface area (Å²) in [5.41, 5.74) is -0.0746. The van der Waals surface area contributed by atoms with Gasteiger partial charge in [-0.05, 0) is 38.3 Å². The summed E-state index contributed by atoms with van der Waals surface area (Å²) in [7, 11) is 0. The molecule has 0 aromatic heterocycles. The van der Waals surface area contributed by atoms with Crippen molar-refractivity contribution in [3.63, 3.8) is 0 Å². The van der Waals surface area contributed by atoms with Gasteiger partial charge >= 0.3 is 5.97 Å². The topological polar surface area (TPSA) is 103 Å². The lowest BCUT2D eigenvalue weighted by Gasteiger charge is -2.35. The second kappa shape index (κ2) is 9.18. The normalized spacial score (nSPS) is 27.8. The van der Waals surface area contributed by atoms with Crippen LogP contribution in [0, 0.1) is 0 Å². The number of nitrogens with zero attached hydrogens (tertiary/aromatic N) is 2. The van der Waals surface area contributed by atoms with E-state index in [9.17, 15) is 14.7 Å². The average Bonchev–Trinajstić information content (AvgIpc) is 3.37. The Bertz CT molecular complexity index is 837. The molecular weight excluding hydrogens is 415 g/mol. The standard InChI is InChI=1S/C20H26ClFN4O4/c1-3-30-19(29)16(10-23-13-4-5-13)17(28)15-6-8-20(22,25-18(15)21)26-9-7-14(11-26)24-12(2)27/h6,8,10,13-14,25,28H,3-5,7,9,11H2,1-2H3,(H,24,27). The molecule has 2 atom stereocenters. The number of aliphatic imine (C=N–C) groups is 1. The summed E-state index contributed by atoms with van der Waals surface area (Å²) in [6.45, 7) is 3.91. The zero-order chi connectivity index (χ0) is 21.9. The van der Waals surface area contributed by atoms with E-state index in [-0.39, 0.29) is 40.9 Å². The van der Waals surface area contributed by atoms with Gasteiger partial charge in [-0.1, -0.05) is 11.6 Å². The Labute approximate surface area is 179 Å². The van der Waals surface area contributed by atoms with Gasteiger partial charge in [0.1, 0.15) is 16.5 Å². The summed E-state index contributed by atoms with van der Waals surface area (Å²) in [6.07, 6.45) is 6.29. The number of alkyl halides is 1. The van der Waals surface area contributed by atoms with Crippen molar-refractivity contribution in [1.29, 1.82) is 0 Å². The molecule has 1 saturated heterocycles. The van der Waals surface area contributed by atoms with Gasteiger partial charge in [0.2, 0.25) is 5.91 Å². The zero-order valence-electron chi connectivity index (χ0n) is 17.0. The van der Waals surface area contributed by atoms with Crippen molar-refractivity contribution in [3.8, 4) is 0 Å². The highest BCUT2D eigenvalue weighted by atomic mass is 35.5. The van der Waals surface area contributed by atoms with E-state index in [1.807, 2.05) is 0 Å². The van der Waals surface area contributed by atoms with Gasteiger partial charge < -0.3 is 20.5 Å². The summed E-state index contributed by atoms with van der Waals surface area (Å²) in [4.78, 5) is 29.2. The van der Waals surface area contributed by atoms with Crippen molar-refractivity contribution < 1.29 is 23.8 Å². The largest absolute Gasteiger partial charge is 0.506 e. The monoisotopic (exact) mass is 440 g/mol. The SMILES string of the molecule is CCOC(=O)C(C=NC1CC1)=C(O)C1=C(Cl)NC(F)(N2CCC(NC(C)=O)C2)C=C1. The molecular formula is C20H26ClFN4O4. The van der Waals surface area contributed by atoms with Crippen LogP contribution in [0.15, 0.2) is 39.2 Å². The number of carbonyl (C=O) groups is 2. The predicted molar refractivity (Wildman–Crippen MR) is 111 cm³/mol. The van der Waals surface area contributed by atoms with E-state index < -0.39 is 17.6 Å². The van der Waals surface area contributed by atoms with Gasteiger partial charge in [0.15, 0.2) is 0 Å². The molecule has 10 heteroatoms. The van der Waals surface area contributed by atoms with Crippen LogP contribution in [-0.2, 0) is 14.3 Å². The Morgan fingerprint density at radius 2 is 2.23 bits per heavy atom. The van der Waals surface area contributed by atoms with Crippen molar-refractivity contribution in [2.75, 3.05) is 19.7 Å². The summed E-state index contributed by atoms with van der Waals surface area (Å²) in [6, 6.07) is -0.0197. The fourth-order valence-corrected chi connectivity index (χ4v) is 3.61. The Morgan fingerprint density at radius 3 is 2.83 bits per heavy atom. The molecule has 2 heterocycles. The van der Waals surface area contributed by atoms with Gasteiger partial charge in [0.05, 0.1) is 18.2 Å². The smallest absolute Gasteiger partial charge is 0.343 e. The van der Waals surface area contributed by atoms with Crippen LogP contribution in [-0.4, -0.2) is 65.8 Å². The van der Waals surface area contributed by atoms with Crippen molar-refractivity contribution in [3.05, 3.63) is 34.2 Å². The van der Waals surface area contributed by atoms with Crippen molar-refractivity contribution in [1.82, 2.24) is 15.5 Å². The molecule has 2 fully saturated rings. The second-order valence-electron chi connectivity index (χ2n) is 7.48. The van der Waals surface area contributed by atoms with E-state index in [1.165, 1.54) is 30.2 Å². The Hall–Kier alpha value is -2.39. The number of esters is 1. The number of carbonyl (C=O) groups excluding carboxylic acids is 2. The molecule has 0 aromatic rings. The minimum absolute atomic E-state index is 0.0628. The molecule has 1 saturated carbocycles. The minimum Gasteiger partial charge on any atom is -0.506 e. The first kappa shape index (κ1) is 22.3. The highest BCUT2D eigenvalue weighted by molar-refractivity contribution is 6.30. The third-order valence-corrected chi connectivity index (χ3v) is 5.31. The first-order chi connectivity index (χ1) is 14.2. The van der Waals surface area contributed by atoms with Crippen molar-refractivity contribution in [2.24, 2.45) is 4.99 Å². The maximum Gasteiger partial charge on any atom is 0.343 e. The number of rotatable bonds is 7. The van der Waals surface area contributed by atoms with E-state index >= 15 is 4.39 Å². The highest BCUT2D eigenvalue weighted by Crippen LogP contribution is 2.32. The number of hydrogen-bond donors (Lipinski definition) is 3. The number of aliphatic hydroxyl groups is 1. The highest BCUT2D eigenvalue weighted by Gasteiger charge is 2.42. The van der Waals surface area contributed by atoms with Crippen LogP contribution in [0.1, 0.15) is 33.1 Å². The predicted octanol–water partition coefficient (Wildman–Crippen LogP) is 2.04. The van der Waals surface area contributed by atoms with Gasteiger partial charge in [0.25, 0.3) is 5.92 Å². The Morgan fingerprint density at radius 1 is 1.50 bits per heavy atom. The quantitative estimate of drug-likeness (QED) is 0.184. The average molecular weight is 441 g/mol. The molecule has 0 bridgehead atoms. The fourth-order valence-electron chi connectivity index (χ4n) is 3.33. The van der Waals surface area contributed by atoms with Gasteiger partial charge in [-0.2, -0.15) is 4.39 Å². The molecule has 0 spiro atoms. The molecule has 164 valence electrons. The Balaban J connectivity index is 1.79. The molecule has 3 N–H and O–H groups in total. The number of likely N-dealkylation sites (tertiary alicyclic amines) is 1. The van der Waals surface area contributed by atoms with Gasteiger partial charge in [-0.3, -0.25) is 9.79 Å². The van der Waals surface area contributed by atoms with E-state index in [4.69, 9.17) is 16.3 Å². The van der Waals surface area contributed by atoms with Crippen LogP contribution in [0.5, 0.6) is 0 Å². The molecule has 3 rings (SSSR count). The summed E-state index contributed by atoms with van der Waals surface area (Å²) in [5.74, 6) is -3.43. The minimum atomic E-state index is -2.08. The van der Waals surface area contributed by atoms with Crippen LogP contribution in [0.25, 0.3) is 0 Å². The lowest BCUT2D eigenvalue weighted by atomic mass is 10.1. The summed E-state index contributed by atoms with van der Waals surface area (Å²) < 4.78 is 20.5. The third-order valence-electron chi connectivity index (χ3n) is 5.02. The van der Waals surface area contributed by atoms with Gasteiger partial charge in [-0.15, -0.1) is 0 Å². The molecule has 30 heavy (non-hydrogen) atoms. The van der Waals surface area contributed by atoms with Gasteiger partial charge in [-0.25, -0.2) is 9.69 Å². The van der Waals surface area contributed by atoms with E-state index in [0.717, 1.165) is 12.8 Å². The number of dihydropyridines is 1. The number of aliphatic hydroxyl groups excluding tert-OH is 1. The second-order valence-corrected chi connectivity index (χ2v) is 7.86. The number of halogens is 2. The number of amides is 1. The van der Waals surface area contributed by atoms with Crippen LogP contribution in [0.4, 0.5) is 4.39 Å². The van der Waals surface area contributed by atoms with E-state index in [0.29, 0.717) is 19.5 Å². The van der Waals surface area contributed by atoms with Crippen LogP contribution in [0.2, 0.25) is 0 Å². The number of allylic oxidation sites excluding steroid dienone is 1. The molecule has 1 aliphatic carbocycles. The molecule has 3 aliphatic rings. The fraction of sp³-hybridized carbons (Fsp3) is 0.550.